The average molecular weight is 301 g/mol. The molecular weight excluding hydrogens is 284 g/mol. The SMILES string of the molecule is O=S(=O)(NCC(C1CC1)C1CC1)c1cccnc1Cl. The first-order chi connectivity index (χ1) is 9.08. The highest BCUT2D eigenvalue weighted by molar-refractivity contribution is 7.89. The van der Waals surface area contributed by atoms with Crippen LogP contribution in [0.25, 0.3) is 0 Å². The van der Waals surface area contributed by atoms with Crippen LogP contribution in [0.1, 0.15) is 25.7 Å². The van der Waals surface area contributed by atoms with E-state index in [2.05, 4.69) is 9.71 Å². The van der Waals surface area contributed by atoms with Gasteiger partial charge in [-0.1, -0.05) is 11.6 Å². The molecule has 19 heavy (non-hydrogen) atoms. The second-order valence-electron chi connectivity index (χ2n) is 5.48. The third kappa shape index (κ3) is 3.09. The predicted octanol–water partition coefficient (Wildman–Crippen LogP) is 2.45. The third-order valence-electron chi connectivity index (χ3n) is 3.98. The Hall–Kier alpha value is -0.650. The molecule has 0 radical (unpaired) electrons. The van der Waals surface area contributed by atoms with Gasteiger partial charge in [-0.2, -0.15) is 0 Å². The van der Waals surface area contributed by atoms with E-state index in [4.69, 9.17) is 11.6 Å². The van der Waals surface area contributed by atoms with Gasteiger partial charge in [0.25, 0.3) is 0 Å². The number of hydrogen-bond donors (Lipinski definition) is 1. The van der Waals surface area contributed by atoms with Crippen LogP contribution in [0.3, 0.4) is 0 Å². The molecule has 3 rings (SSSR count). The Bertz CT molecular complexity index is 556. The number of aromatic nitrogens is 1. The van der Waals surface area contributed by atoms with Crippen molar-refractivity contribution in [3.05, 3.63) is 23.5 Å². The molecule has 2 fully saturated rings. The van der Waals surface area contributed by atoms with E-state index >= 15 is 0 Å². The predicted molar refractivity (Wildman–Crippen MR) is 73.4 cm³/mol. The summed E-state index contributed by atoms with van der Waals surface area (Å²) >= 11 is 5.84. The summed E-state index contributed by atoms with van der Waals surface area (Å²) in [7, 11) is -3.54. The fourth-order valence-electron chi connectivity index (χ4n) is 2.62. The van der Waals surface area contributed by atoms with Gasteiger partial charge in [0.15, 0.2) is 0 Å². The van der Waals surface area contributed by atoms with E-state index in [9.17, 15) is 8.42 Å². The second kappa shape index (κ2) is 5.04. The van der Waals surface area contributed by atoms with Crippen LogP contribution in [0, 0.1) is 17.8 Å². The van der Waals surface area contributed by atoms with Gasteiger partial charge in [0.2, 0.25) is 10.0 Å². The van der Waals surface area contributed by atoms with E-state index < -0.39 is 10.0 Å². The van der Waals surface area contributed by atoms with Gasteiger partial charge in [0, 0.05) is 12.7 Å². The number of sulfonamides is 1. The lowest BCUT2D eigenvalue weighted by molar-refractivity contribution is 0.401. The largest absolute Gasteiger partial charge is 0.243 e. The van der Waals surface area contributed by atoms with Gasteiger partial charge in [0.05, 0.1) is 0 Å². The topological polar surface area (TPSA) is 59.1 Å². The van der Waals surface area contributed by atoms with Gasteiger partial charge in [-0.15, -0.1) is 0 Å². The zero-order valence-electron chi connectivity index (χ0n) is 10.5. The van der Waals surface area contributed by atoms with Gasteiger partial charge in [-0.25, -0.2) is 18.1 Å². The molecule has 1 aromatic heterocycles. The summed E-state index contributed by atoms with van der Waals surface area (Å²) in [6.07, 6.45) is 6.47. The van der Waals surface area contributed by atoms with Crippen LogP contribution in [0.15, 0.2) is 23.2 Å². The summed E-state index contributed by atoms with van der Waals surface area (Å²) in [5, 5.41) is 0.0318. The van der Waals surface area contributed by atoms with Gasteiger partial charge in [-0.3, -0.25) is 0 Å². The number of pyridine rings is 1. The molecule has 6 heteroatoms. The van der Waals surface area contributed by atoms with Crippen molar-refractivity contribution in [2.75, 3.05) is 6.54 Å². The molecule has 0 aliphatic heterocycles. The minimum atomic E-state index is -3.54. The minimum Gasteiger partial charge on any atom is -0.243 e. The lowest BCUT2D eigenvalue weighted by Gasteiger charge is -2.16. The number of nitrogens with one attached hydrogen (secondary N) is 1. The number of halogens is 1. The van der Waals surface area contributed by atoms with E-state index in [1.165, 1.54) is 37.9 Å². The highest BCUT2D eigenvalue weighted by atomic mass is 35.5. The van der Waals surface area contributed by atoms with Crippen molar-refractivity contribution in [3.63, 3.8) is 0 Å². The average Bonchev–Trinajstić information content (AvgIpc) is 3.24. The van der Waals surface area contributed by atoms with E-state index in [0.717, 1.165) is 11.8 Å². The standard InChI is InChI=1S/C13H17ClN2O2S/c14-13-12(2-1-7-15-13)19(17,18)16-8-11(9-3-4-9)10-5-6-10/h1-2,7,9-11,16H,3-6,8H2. The third-order valence-corrected chi connectivity index (χ3v) is 5.85. The van der Waals surface area contributed by atoms with Crippen LogP contribution in [0.2, 0.25) is 5.15 Å². The molecular formula is C13H17ClN2O2S. The summed E-state index contributed by atoms with van der Waals surface area (Å²) < 4.78 is 27.1. The molecule has 1 heterocycles. The van der Waals surface area contributed by atoms with Gasteiger partial charge in [0.1, 0.15) is 10.0 Å². The van der Waals surface area contributed by atoms with Crippen LogP contribution in [-0.2, 0) is 10.0 Å². The smallest absolute Gasteiger partial charge is 0.243 e. The van der Waals surface area contributed by atoms with E-state index in [1.54, 1.807) is 6.07 Å². The first-order valence-corrected chi connectivity index (χ1v) is 8.54. The van der Waals surface area contributed by atoms with Crippen LogP contribution < -0.4 is 4.72 Å². The molecule has 0 spiro atoms. The zero-order chi connectivity index (χ0) is 13.5. The monoisotopic (exact) mass is 300 g/mol. The quantitative estimate of drug-likeness (QED) is 0.821. The fourth-order valence-corrected chi connectivity index (χ4v) is 4.15. The fraction of sp³-hybridized carbons (Fsp3) is 0.615. The molecule has 0 unspecified atom stereocenters. The summed E-state index contributed by atoms with van der Waals surface area (Å²) in [4.78, 5) is 3.88. The van der Waals surface area contributed by atoms with Crippen molar-refractivity contribution in [2.45, 2.75) is 30.6 Å². The first-order valence-electron chi connectivity index (χ1n) is 6.68. The molecule has 2 aliphatic rings. The summed E-state index contributed by atoms with van der Waals surface area (Å²) in [6, 6.07) is 3.07. The van der Waals surface area contributed by atoms with Gasteiger partial charge in [-0.05, 0) is 55.6 Å². The van der Waals surface area contributed by atoms with E-state index in [0.29, 0.717) is 12.5 Å². The van der Waals surface area contributed by atoms with Crippen molar-refractivity contribution < 1.29 is 8.42 Å². The Balaban J connectivity index is 1.69. The van der Waals surface area contributed by atoms with E-state index in [-0.39, 0.29) is 10.0 Å². The van der Waals surface area contributed by atoms with Crippen molar-refractivity contribution in [1.82, 2.24) is 9.71 Å². The number of hydrogen-bond acceptors (Lipinski definition) is 3. The molecule has 0 atom stereocenters. The Kier molecular flexibility index (Phi) is 3.53. The second-order valence-corrected chi connectivity index (χ2v) is 7.58. The van der Waals surface area contributed by atoms with Crippen molar-refractivity contribution in [3.8, 4) is 0 Å². The normalized spacial score (nSPS) is 19.9. The highest BCUT2D eigenvalue weighted by Crippen LogP contribution is 2.48. The molecule has 0 amide bonds. The van der Waals surface area contributed by atoms with Crippen molar-refractivity contribution in [1.29, 1.82) is 0 Å². The van der Waals surface area contributed by atoms with Gasteiger partial charge < -0.3 is 0 Å². The molecule has 2 saturated carbocycles. The Labute approximate surface area is 118 Å². The maximum absolute atomic E-state index is 12.2. The van der Waals surface area contributed by atoms with Crippen LogP contribution in [0.5, 0.6) is 0 Å². The molecule has 0 saturated heterocycles. The summed E-state index contributed by atoms with van der Waals surface area (Å²) in [5.74, 6) is 1.95. The molecule has 0 aromatic carbocycles. The summed E-state index contributed by atoms with van der Waals surface area (Å²) in [6.45, 7) is 0.531. The lowest BCUT2D eigenvalue weighted by atomic mass is 9.99. The molecule has 1 N–H and O–H groups in total. The summed E-state index contributed by atoms with van der Waals surface area (Å²) in [5.41, 5.74) is 0. The van der Waals surface area contributed by atoms with Crippen LogP contribution in [0.4, 0.5) is 0 Å². The Morgan fingerprint density at radius 3 is 2.47 bits per heavy atom. The lowest BCUT2D eigenvalue weighted by Crippen LogP contribution is -2.31. The van der Waals surface area contributed by atoms with Crippen molar-refractivity contribution in [2.24, 2.45) is 17.8 Å². The van der Waals surface area contributed by atoms with Crippen LogP contribution >= 0.6 is 11.6 Å². The molecule has 0 bridgehead atoms. The molecule has 2 aliphatic carbocycles. The maximum atomic E-state index is 12.2. The Morgan fingerprint density at radius 1 is 1.32 bits per heavy atom. The first kappa shape index (κ1) is 13.3. The molecule has 104 valence electrons. The Morgan fingerprint density at radius 2 is 1.95 bits per heavy atom. The van der Waals surface area contributed by atoms with Gasteiger partial charge >= 0.3 is 0 Å². The minimum absolute atomic E-state index is 0.0318. The van der Waals surface area contributed by atoms with Crippen molar-refractivity contribution >= 4 is 21.6 Å². The molecule has 4 nitrogen and oxygen atoms in total. The van der Waals surface area contributed by atoms with Crippen LogP contribution in [-0.4, -0.2) is 19.9 Å². The highest BCUT2D eigenvalue weighted by Gasteiger charge is 2.41. The van der Waals surface area contributed by atoms with E-state index in [1.807, 2.05) is 0 Å². The zero-order valence-corrected chi connectivity index (χ0v) is 12.1. The number of nitrogens with zero attached hydrogens (tertiary/aromatic N) is 1. The molecule has 1 aromatic rings. The maximum Gasteiger partial charge on any atom is 0.243 e. The number of rotatable bonds is 6.